The van der Waals surface area contributed by atoms with Crippen molar-refractivity contribution in [2.45, 2.75) is 13.0 Å². The van der Waals surface area contributed by atoms with E-state index in [-0.39, 0.29) is 5.97 Å². The Balaban J connectivity index is 2.67. The summed E-state index contributed by atoms with van der Waals surface area (Å²) in [6.07, 6.45) is 0. The summed E-state index contributed by atoms with van der Waals surface area (Å²) < 4.78 is 5.73. The minimum Gasteiger partial charge on any atom is -0.465 e. The number of hydrogen-bond acceptors (Lipinski definition) is 4. The molecule has 0 radical (unpaired) electrons. The summed E-state index contributed by atoms with van der Waals surface area (Å²) in [5.74, 6) is -0.378. The summed E-state index contributed by atoms with van der Waals surface area (Å²) in [4.78, 5) is 12.0. The van der Waals surface area contributed by atoms with E-state index in [4.69, 9.17) is 10.5 Å². The van der Waals surface area contributed by atoms with Crippen molar-refractivity contribution >= 4 is 33.2 Å². The molecule has 0 spiro atoms. The van der Waals surface area contributed by atoms with Crippen molar-refractivity contribution in [3.05, 3.63) is 20.8 Å². The monoisotopic (exact) mass is 263 g/mol. The van der Waals surface area contributed by atoms with Crippen LogP contribution in [0.15, 0.2) is 15.9 Å². The number of thiophene rings is 1. The molecule has 0 fully saturated rings. The Bertz CT molecular complexity index is 300. The smallest absolute Gasteiger partial charge is 0.328 e. The zero-order valence-electron chi connectivity index (χ0n) is 7.12. The highest BCUT2D eigenvalue weighted by Crippen LogP contribution is 2.24. The van der Waals surface area contributed by atoms with E-state index in [0.717, 1.165) is 9.35 Å². The molecule has 0 saturated carbocycles. The van der Waals surface area contributed by atoms with E-state index >= 15 is 0 Å². The summed E-state index contributed by atoms with van der Waals surface area (Å²) in [5.41, 5.74) is 5.65. The van der Waals surface area contributed by atoms with Gasteiger partial charge in [0.1, 0.15) is 6.04 Å². The van der Waals surface area contributed by atoms with Crippen LogP contribution in [0.3, 0.4) is 0 Å². The second-order valence-electron chi connectivity index (χ2n) is 2.40. The lowest BCUT2D eigenvalue weighted by molar-refractivity contribution is -0.144. The van der Waals surface area contributed by atoms with Gasteiger partial charge in [0, 0.05) is 14.7 Å². The largest absolute Gasteiger partial charge is 0.465 e. The molecule has 1 aromatic heterocycles. The van der Waals surface area contributed by atoms with Crippen LogP contribution in [0, 0.1) is 0 Å². The van der Waals surface area contributed by atoms with Gasteiger partial charge in [0.05, 0.1) is 6.61 Å². The van der Waals surface area contributed by atoms with Gasteiger partial charge in [0.15, 0.2) is 0 Å². The Labute approximate surface area is 89.0 Å². The molecule has 1 atom stereocenters. The Morgan fingerprint density at radius 1 is 1.85 bits per heavy atom. The van der Waals surface area contributed by atoms with E-state index in [2.05, 4.69) is 15.9 Å². The van der Waals surface area contributed by atoms with Crippen LogP contribution in [0.1, 0.15) is 17.8 Å². The maximum atomic E-state index is 11.2. The summed E-state index contributed by atoms with van der Waals surface area (Å²) in [6.45, 7) is 2.12. The molecule has 3 nitrogen and oxygen atoms in total. The third-order valence-corrected chi connectivity index (χ3v) is 3.21. The second kappa shape index (κ2) is 4.74. The van der Waals surface area contributed by atoms with Gasteiger partial charge >= 0.3 is 5.97 Å². The first-order chi connectivity index (χ1) is 6.15. The minimum absolute atomic E-state index is 0.360. The third-order valence-electron chi connectivity index (χ3n) is 1.43. The molecule has 2 N–H and O–H groups in total. The predicted octanol–water partition coefficient (Wildman–Crippen LogP) is 2.07. The first-order valence-corrected chi connectivity index (χ1v) is 5.48. The van der Waals surface area contributed by atoms with Gasteiger partial charge < -0.3 is 10.5 Å². The molecule has 0 aliphatic heterocycles. The van der Waals surface area contributed by atoms with Crippen molar-refractivity contribution in [1.29, 1.82) is 0 Å². The molecule has 0 aliphatic carbocycles. The maximum Gasteiger partial charge on any atom is 0.328 e. The predicted molar refractivity (Wildman–Crippen MR) is 55.6 cm³/mol. The average Bonchev–Trinajstić information content (AvgIpc) is 2.51. The Hall–Kier alpha value is -0.390. The molecular weight excluding hydrogens is 254 g/mol. The Morgan fingerprint density at radius 2 is 2.54 bits per heavy atom. The van der Waals surface area contributed by atoms with Crippen LogP contribution in [0.2, 0.25) is 0 Å². The van der Waals surface area contributed by atoms with Crippen molar-refractivity contribution < 1.29 is 9.53 Å². The van der Waals surface area contributed by atoms with Crippen LogP contribution in [0.4, 0.5) is 0 Å². The first-order valence-electron chi connectivity index (χ1n) is 3.81. The van der Waals surface area contributed by atoms with Crippen LogP contribution in [-0.4, -0.2) is 12.6 Å². The second-order valence-corrected chi connectivity index (χ2v) is 4.26. The molecule has 0 aromatic carbocycles. The zero-order chi connectivity index (χ0) is 9.84. The Kier molecular flexibility index (Phi) is 3.90. The van der Waals surface area contributed by atoms with E-state index in [1.807, 2.05) is 11.4 Å². The number of nitrogens with two attached hydrogens (primary N) is 1. The number of carbonyl (C=O) groups is 1. The fraction of sp³-hybridized carbons (Fsp3) is 0.375. The van der Waals surface area contributed by atoms with Crippen molar-refractivity contribution in [2.75, 3.05) is 6.61 Å². The molecule has 1 unspecified atom stereocenters. The summed E-state index contributed by atoms with van der Waals surface area (Å²) in [6, 6.07) is 1.17. The molecule has 13 heavy (non-hydrogen) atoms. The normalized spacial score (nSPS) is 12.5. The number of hydrogen-bond donors (Lipinski definition) is 1. The Morgan fingerprint density at radius 3 is 3.00 bits per heavy atom. The SMILES string of the molecule is CCOC(=O)C(N)c1cc(Br)cs1. The van der Waals surface area contributed by atoms with Crippen molar-refractivity contribution in [3.63, 3.8) is 0 Å². The van der Waals surface area contributed by atoms with Crippen LogP contribution in [-0.2, 0) is 9.53 Å². The third kappa shape index (κ3) is 2.79. The highest BCUT2D eigenvalue weighted by molar-refractivity contribution is 9.10. The molecule has 72 valence electrons. The number of carbonyl (C=O) groups excluding carboxylic acids is 1. The first kappa shape index (κ1) is 10.7. The fourth-order valence-electron chi connectivity index (χ4n) is 0.840. The van der Waals surface area contributed by atoms with Crippen LogP contribution in [0.25, 0.3) is 0 Å². The van der Waals surface area contributed by atoms with Gasteiger partial charge in [-0.15, -0.1) is 11.3 Å². The van der Waals surface area contributed by atoms with Gasteiger partial charge in [-0.1, -0.05) is 0 Å². The zero-order valence-corrected chi connectivity index (χ0v) is 9.52. The molecular formula is C8H10BrNO2S. The van der Waals surface area contributed by atoms with Gasteiger partial charge in [-0.25, -0.2) is 4.79 Å². The number of esters is 1. The number of halogens is 1. The molecule has 0 saturated heterocycles. The minimum atomic E-state index is -0.656. The lowest BCUT2D eigenvalue weighted by Gasteiger charge is -2.07. The fourth-order valence-corrected chi connectivity index (χ4v) is 2.27. The summed E-state index contributed by atoms with van der Waals surface area (Å²) >= 11 is 4.73. The quantitative estimate of drug-likeness (QED) is 0.850. The molecule has 1 rings (SSSR count). The molecule has 0 aliphatic rings. The lowest BCUT2D eigenvalue weighted by Crippen LogP contribution is -2.22. The van der Waals surface area contributed by atoms with Gasteiger partial charge in [0.2, 0.25) is 0 Å². The van der Waals surface area contributed by atoms with Crippen molar-refractivity contribution in [3.8, 4) is 0 Å². The summed E-state index contributed by atoms with van der Waals surface area (Å²) in [7, 11) is 0. The highest BCUT2D eigenvalue weighted by Gasteiger charge is 2.18. The molecule has 0 bridgehead atoms. The lowest BCUT2D eigenvalue weighted by atomic mass is 10.2. The van der Waals surface area contributed by atoms with Crippen LogP contribution >= 0.6 is 27.3 Å². The summed E-state index contributed by atoms with van der Waals surface area (Å²) in [5, 5.41) is 1.88. The molecule has 5 heteroatoms. The van der Waals surface area contributed by atoms with Crippen LogP contribution < -0.4 is 5.73 Å². The van der Waals surface area contributed by atoms with Crippen molar-refractivity contribution in [1.82, 2.24) is 0 Å². The molecule has 0 amide bonds. The number of ether oxygens (including phenoxy) is 1. The van der Waals surface area contributed by atoms with Crippen molar-refractivity contribution in [2.24, 2.45) is 5.73 Å². The molecule has 1 heterocycles. The van der Waals surface area contributed by atoms with E-state index < -0.39 is 6.04 Å². The van der Waals surface area contributed by atoms with Gasteiger partial charge in [-0.3, -0.25) is 0 Å². The van der Waals surface area contributed by atoms with Gasteiger partial charge in [-0.2, -0.15) is 0 Å². The van der Waals surface area contributed by atoms with Crippen LogP contribution in [0.5, 0.6) is 0 Å². The van der Waals surface area contributed by atoms with Gasteiger partial charge in [0.25, 0.3) is 0 Å². The molecule has 1 aromatic rings. The van der Waals surface area contributed by atoms with E-state index in [1.165, 1.54) is 11.3 Å². The van der Waals surface area contributed by atoms with E-state index in [0.29, 0.717) is 6.61 Å². The number of rotatable bonds is 3. The van der Waals surface area contributed by atoms with E-state index in [1.54, 1.807) is 6.92 Å². The standard InChI is InChI=1S/C8H10BrNO2S/c1-2-12-8(11)7(10)6-3-5(9)4-13-6/h3-4,7H,2,10H2,1H3. The highest BCUT2D eigenvalue weighted by atomic mass is 79.9. The average molecular weight is 264 g/mol. The van der Waals surface area contributed by atoms with Gasteiger partial charge in [-0.05, 0) is 28.9 Å². The topological polar surface area (TPSA) is 52.3 Å². The van der Waals surface area contributed by atoms with E-state index in [9.17, 15) is 4.79 Å². The maximum absolute atomic E-state index is 11.2.